The average Bonchev–Trinajstić information content (AvgIpc) is 2.98. The quantitative estimate of drug-likeness (QED) is 0.869. The molecule has 5 heteroatoms. The first-order valence-corrected chi connectivity index (χ1v) is 6.03. The largest absolute Gasteiger partial charge is 0.460 e. The monoisotopic (exact) mass is 244 g/mol. The lowest BCUT2D eigenvalue weighted by molar-refractivity contribution is 0.197. The highest BCUT2D eigenvalue weighted by Gasteiger charge is 2.22. The summed E-state index contributed by atoms with van der Waals surface area (Å²) in [6, 6.07) is 4.76. The van der Waals surface area contributed by atoms with E-state index >= 15 is 0 Å². The zero-order chi connectivity index (χ0) is 12.5. The molecule has 2 aromatic heterocycles. The Morgan fingerprint density at radius 2 is 2.39 bits per heavy atom. The molecule has 2 aromatic rings. The zero-order valence-corrected chi connectivity index (χ0v) is 10.6. The lowest BCUT2D eigenvalue weighted by atomic mass is 10.1. The minimum Gasteiger partial charge on any atom is -0.460 e. The van der Waals surface area contributed by atoms with Gasteiger partial charge in [0, 0.05) is 38.3 Å². The Labute approximate surface area is 105 Å². The molecule has 0 spiro atoms. The van der Waals surface area contributed by atoms with Crippen LogP contribution in [-0.4, -0.2) is 47.6 Å². The molecule has 1 atom stereocenters. The van der Waals surface area contributed by atoms with Gasteiger partial charge in [-0.05, 0) is 17.7 Å². The van der Waals surface area contributed by atoms with Crippen molar-refractivity contribution in [1.82, 2.24) is 14.9 Å². The molecule has 1 N–H and O–H groups in total. The van der Waals surface area contributed by atoms with E-state index in [0.29, 0.717) is 0 Å². The number of H-pyrrole nitrogens is 1. The summed E-state index contributed by atoms with van der Waals surface area (Å²) in [6.45, 7) is 0.723. The van der Waals surface area contributed by atoms with Gasteiger partial charge in [-0.2, -0.15) is 0 Å². The van der Waals surface area contributed by atoms with E-state index in [9.17, 15) is 0 Å². The molecule has 3 rings (SSSR count). The molecule has 0 radical (unpaired) electrons. The predicted molar refractivity (Wildman–Crippen MR) is 70.7 cm³/mol. The molecule has 0 amide bonds. The van der Waals surface area contributed by atoms with E-state index in [1.807, 2.05) is 31.3 Å². The number of hydrogen-bond donors (Lipinski definition) is 1. The molecular weight excluding hydrogens is 228 g/mol. The van der Waals surface area contributed by atoms with E-state index in [2.05, 4.69) is 21.0 Å². The van der Waals surface area contributed by atoms with Crippen molar-refractivity contribution in [3.63, 3.8) is 0 Å². The fourth-order valence-corrected chi connectivity index (χ4v) is 2.18. The number of aromatic amines is 1. The van der Waals surface area contributed by atoms with Crippen LogP contribution in [0.25, 0.3) is 11.0 Å². The van der Waals surface area contributed by atoms with Gasteiger partial charge in [-0.3, -0.25) is 0 Å². The predicted octanol–water partition coefficient (Wildman–Crippen LogP) is 1.42. The number of rotatable bonds is 2. The van der Waals surface area contributed by atoms with Crippen molar-refractivity contribution in [2.45, 2.75) is 12.5 Å². The Morgan fingerprint density at radius 1 is 1.50 bits per heavy atom. The van der Waals surface area contributed by atoms with Crippen molar-refractivity contribution in [1.29, 1.82) is 0 Å². The molecule has 0 saturated carbocycles. The summed E-state index contributed by atoms with van der Waals surface area (Å²) in [5, 5.41) is 1.17. The van der Waals surface area contributed by atoms with Crippen LogP contribution < -0.4 is 0 Å². The third-order valence-electron chi connectivity index (χ3n) is 3.07. The van der Waals surface area contributed by atoms with Gasteiger partial charge in [-0.15, -0.1) is 0 Å². The van der Waals surface area contributed by atoms with E-state index in [1.54, 1.807) is 6.20 Å². The first-order valence-electron chi connectivity index (χ1n) is 6.03. The van der Waals surface area contributed by atoms with Gasteiger partial charge in [0.25, 0.3) is 6.02 Å². The lowest BCUT2D eigenvalue weighted by Crippen LogP contribution is -2.25. The van der Waals surface area contributed by atoms with E-state index in [-0.39, 0.29) is 6.10 Å². The molecular formula is C13H16N4O. The maximum Gasteiger partial charge on any atom is 0.287 e. The van der Waals surface area contributed by atoms with Gasteiger partial charge in [-0.1, -0.05) is 0 Å². The summed E-state index contributed by atoms with van der Waals surface area (Å²) in [5.74, 6) is 0. The number of nitrogens with zero attached hydrogens (tertiary/aromatic N) is 3. The Hall–Kier alpha value is -2.04. The third-order valence-corrected chi connectivity index (χ3v) is 3.07. The Kier molecular flexibility index (Phi) is 2.66. The van der Waals surface area contributed by atoms with Crippen LogP contribution in [0.2, 0.25) is 0 Å². The topological polar surface area (TPSA) is 53.5 Å². The number of pyridine rings is 1. The number of amidine groups is 1. The van der Waals surface area contributed by atoms with Gasteiger partial charge in [-0.25, -0.2) is 9.98 Å². The summed E-state index contributed by atoms with van der Waals surface area (Å²) in [6.07, 6.45) is 4.78. The van der Waals surface area contributed by atoms with Gasteiger partial charge < -0.3 is 14.6 Å². The SMILES string of the molecule is CN(C)C1=NCC(Cc2c[nH]c3ncccc23)O1. The fourth-order valence-electron chi connectivity index (χ4n) is 2.18. The highest BCUT2D eigenvalue weighted by molar-refractivity contribution is 5.80. The molecule has 0 bridgehead atoms. The fraction of sp³-hybridized carbons (Fsp3) is 0.385. The van der Waals surface area contributed by atoms with E-state index in [4.69, 9.17) is 4.74 Å². The second-order valence-corrected chi connectivity index (χ2v) is 4.68. The van der Waals surface area contributed by atoms with E-state index in [0.717, 1.165) is 24.6 Å². The lowest BCUT2D eigenvalue weighted by Gasteiger charge is -2.15. The minimum atomic E-state index is 0.126. The second-order valence-electron chi connectivity index (χ2n) is 4.68. The highest BCUT2D eigenvalue weighted by atomic mass is 16.5. The van der Waals surface area contributed by atoms with Crippen LogP contribution in [0.5, 0.6) is 0 Å². The molecule has 94 valence electrons. The smallest absolute Gasteiger partial charge is 0.287 e. The van der Waals surface area contributed by atoms with Crippen LogP contribution in [0.1, 0.15) is 5.56 Å². The number of nitrogens with one attached hydrogen (secondary N) is 1. The van der Waals surface area contributed by atoms with Crippen LogP contribution in [0.15, 0.2) is 29.5 Å². The van der Waals surface area contributed by atoms with Crippen molar-refractivity contribution >= 4 is 17.1 Å². The zero-order valence-electron chi connectivity index (χ0n) is 10.6. The average molecular weight is 244 g/mol. The van der Waals surface area contributed by atoms with Crippen molar-refractivity contribution in [2.75, 3.05) is 20.6 Å². The summed E-state index contributed by atoms with van der Waals surface area (Å²) >= 11 is 0. The molecule has 1 aliphatic heterocycles. The molecule has 0 saturated heterocycles. The minimum absolute atomic E-state index is 0.126. The summed E-state index contributed by atoms with van der Waals surface area (Å²) in [7, 11) is 3.88. The van der Waals surface area contributed by atoms with Crippen molar-refractivity contribution in [3.05, 3.63) is 30.1 Å². The number of fused-ring (bicyclic) bond motifs is 1. The Morgan fingerprint density at radius 3 is 3.17 bits per heavy atom. The standard InChI is InChI=1S/C13H16N4O/c1-17(2)13-16-8-10(18-13)6-9-7-15-12-11(9)4-3-5-14-12/h3-5,7,10H,6,8H2,1-2H3,(H,14,15). The number of ether oxygens (including phenoxy) is 1. The van der Waals surface area contributed by atoms with Crippen molar-refractivity contribution < 1.29 is 4.74 Å². The third kappa shape index (κ3) is 1.92. The van der Waals surface area contributed by atoms with Crippen LogP contribution in [0, 0.1) is 0 Å². The molecule has 3 heterocycles. The number of aliphatic imine (C=N–C) groups is 1. The first kappa shape index (κ1) is 11.1. The summed E-state index contributed by atoms with van der Waals surface area (Å²) in [4.78, 5) is 13.7. The van der Waals surface area contributed by atoms with Crippen LogP contribution in [-0.2, 0) is 11.2 Å². The van der Waals surface area contributed by atoms with Crippen LogP contribution >= 0.6 is 0 Å². The summed E-state index contributed by atoms with van der Waals surface area (Å²) in [5.41, 5.74) is 2.16. The van der Waals surface area contributed by atoms with Gasteiger partial charge in [0.05, 0.1) is 6.54 Å². The molecule has 0 aromatic carbocycles. The van der Waals surface area contributed by atoms with Crippen LogP contribution in [0.4, 0.5) is 0 Å². The van der Waals surface area contributed by atoms with Gasteiger partial charge >= 0.3 is 0 Å². The number of hydrogen-bond acceptors (Lipinski definition) is 4. The molecule has 0 aliphatic carbocycles. The molecule has 1 unspecified atom stereocenters. The van der Waals surface area contributed by atoms with E-state index < -0.39 is 0 Å². The normalized spacial score (nSPS) is 18.8. The number of aromatic nitrogens is 2. The summed E-state index contributed by atoms with van der Waals surface area (Å²) < 4.78 is 5.79. The first-order chi connectivity index (χ1) is 8.74. The van der Waals surface area contributed by atoms with Gasteiger partial charge in [0.1, 0.15) is 11.8 Å². The molecule has 18 heavy (non-hydrogen) atoms. The second kappa shape index (κ2) is 4.33. The van der Waals surface area contributed by atoms with E-state index in [1.165, 1.54) is 10.9 Å². The maximum atomic E-state index is 5.79. The van der Waals surface area contributed by atoms with Crippen molar-refractivity contribution in [3.8, 4) is 0 Å². The molecule has 0 fully saturated rings. The highest BCUT2D eigenvalue weighted by Crippen LogP contribution is 2.20. The maximum absolute atomic E-state index is 5.79. The van der Waals surface area contributed by atoms with Gasteiger partial charge in [0.15, 0.2) is 0 Å². The van der Waals surface area contributed by atoms with Crippen molar-refractivity contribution in [2.24, 2.45) is 4.99 Å². The van der Waals surface area contributed by atoms with Gasteiger partial charge in [0.2, 0.25) is 0 Å². The molecule has 1 aliphatic rings. The Bertz CT molecular complexity index is 587. The Balaban J connectivity index is 1.75. The molecule has 5 nitrogen and oxygen atoms in total. The van der Waals surface area contributed by atoms with Crippen LogP contribution in [0.3, 0.4) is 0 Å².